The van der Waals surface area contributed by atoms with Crippen molar-refractivity contribution in [1.82, 2.24) is 0 Å². The van der Waals surface area contributed by atoms with E-state index in [1.54, 1.807) is 12.1 Å². The van der Waals surface area contributed by atoms with E-state index in [9.17, 15) is 13.5 Å². The first-order chi connectivity index (χ1) is 7.74. The predicted octanol–water partition coefficient (Wildman–Crippen LogP) is 1.84. The van der Waals surface area contributed by atoms with Crippen molar-refractivity contribution in [2.45, 2.75) is 13.0 Å². The molecule has 1 rings (SSSR count). The van der Waals surface area contributed by atoms with Crippen LogP contribution in [0.5, 0.6) is 5.75 Å². The van der Waals surface area contributed by atoms with E-state index in [1.807, 2.05) is 6.92 Å². The lowest BCUT2D eigenvalue weighted by atomic mass is 10.1. The average molecular weight is 323 g/mol. The molecular formula is C11H15BrO4S. The molecule has 0 aliphatic rings. The minimum atomic E-state index is -3.24. The molecule has 0 aliphatic carbocycles. The third-order valence-corrected chi connectivity index (χ3v) is 4.11. The standard InChI is InChI=1S/C11H15BrO4S/c1-7-4-11(16-2)8(5-9(7)12)10(13)6-17(3,14)15/h4-5,10,13H,6H2,1-3H3. The van der Waals surface area contributed by atoms with Crippen LogP contribution in [0.15, 0.2) is 16.6 Å². The highest BCUT2D eigenvalue weighted by Gasteiger charge is 2.19. The lowest BCUT2D eigenvalue weighted by Crippen LogP contribution is -2.13. The van der Waals surface area contributed by atoms with Gasteiger partial charge in [-0.3, -0.25) is 0 Å². The molecule has 0 saturated heterocycles. The van der Waals surface area contributed by atoms with E-state index in [0.717, 1.165) is 16.3 Å². The van der Waals surface area contributed by atoms with Gasteiger partial charge in [-0.25, -0.2) is 8.42 Å². The number of hydrogen-bond acceptors (Lipinski definition) is 4. The van der Waals surface area contributed by atoms with Crippen LogP contribution in [-0.4, -0.2) is 32.6 Å². The number of aliphatic hydroxyl groups excluding tert-OH is 1. The molecule has 4 nitrogen and oxygen atoms in total. The van der Waals surface area contributed by atoms with E-state index >= 15 is 0 Å². The maximum absolute atomic E-state index is 11.2. The Morgan fingerprint density at radius 1 is 1.47 bits per heavy atom. The topological polar surface area (TPSA) is 63.6 Å². The smallest absolute Gasteiger partial charge is 0.150 e. The van der Waals surface area contributed by atoms with Crippen molar-refractivity contribution >= 4 is 25.8 Å². The zero-order valence-electron chi connectivity index (χ0n) is 9.90. The zero-order valence-corrected chi connectivity index (χ0v) is 12.3. The number of ether oxygens (including phenoxy) is 1. The summed E-state index contributed by atoms with van der Waals surface area (Å²) in [5, 5.41) is 9.90. The molecule has 0 aromatic heterocycles. The summed E-state index contributed by atoms with van der Waals surface area (Å²) in [5.41, 5.74) is 1.42. The summed E-state index contributed by atoms with van der Waals surface area (Å²) >= 11 is 3.34. The molecule has 0 amide bonds. The molecule has 1 atom stereocenters. The number of aryl methyl sites for hydroxylation is 1. The molecule has 0 spiro atoms. The van der Waals surface area contributed by atoms with Gasteiger partial charge >= 0.3 is 0 Å². The van der Waals surface area contributed by atoms with E-state index in [0.29, 0.717) is 11.3 Å². The van der Waals surface area contributed by atoms with Crippen molar-refractivity contribution in [2.24, 2.45) is 0 Å². The monoisotopic (exact) mass is 322 g/mol. The fraction of sp³-hybridized carbons (Fsp3) is 0.455. The van der Waals surface area contributed by atoms with Crippen molar-refractivity contribution in [2.75, 3.05) is 19.1 Å². The second-order valence-corrected chi connectivity index (χ2v) is 6.99. The summed E-state index contributed by atoms with van der Waals surface area (Å²) in [5.74, 6) is 0.167. The number of rotatable bonds is 4. The van der Waals surface area contributed by atoms with Crippen molar-refractivity contribution < 1.29 is 18.3 Å². The predicted molar refractivity (Wildman–Crippen MR) is 70.1 cm³/mol. The number of halogens is 1. The Morgan fingerprint density at radius 3 is 2.53 bits per heavy atom. The number of hydrogen-bond donors (Lipinski definition) is 1. The first kappa shape index (κ1) is 14.5. The molecule has 1 aromatic carbocycles. The minimum Gasteiger partial charge on any atom is -0.496 e. The summed E-state index contributed by atoms with van der Waals surface area (Å²) in [6.07, 6.45) is 0.00297. The third-order valence-electron chi connectivity index (χ3n) is 2.33. The lowest BCUT2D eigenvalue weighted by molar-refractivity contribution is 0.196. The Bertz CT molecular complexity index is 510. The highest BCUT2D eigenvalue weighted by Crippen LogP contribution is 2.31. The summed E-state index contributed by atoms with van der Waals surface area (Å²) in [6, 6.07) is 3.44. The van der Waals surface area contributed by atoms with Gasteiger partial charge in [0.05, 0.1) is 19.0 Å². The van der Waals surface area contributed by atoms with E-state index in [1.165, 1.54) is 7.11 Å². The average Bonchev–Trinajstić information content (AvgIpc) is 2.18. The number of methoxy groups -OCH3 is 1. The molecule has 1 N–H and O–H groups in total. The van der Waals surface area contributed by atoms with Crippen LogP contribution < -0.4 is 4.74 Å². The van der Waals surface area contributed by atoms with Gasteiger partial charge in [0, 0.05) is 16.3 Å². The Kier molecular flexibility index (Phi) is 4.57. The van der Waals surface area contributed by atoms with Crippen LogP contribution in [0.4, 0.5) is 0 Å². The van der Waals surface area contributed by atoms with Gasteiger partial charge in [-0.05, 0) is 24.6 Å². The first-order valence-electron chi connectivity index (χ1n) is 4.94. The van der Waals surface area contributed by atoms with Gasteiger partial charge in [0.25, 0.3) is 0 Å². The van der Waals surface area contributed by atoms with E-state index in [2.05, 4.69) is 15.9 Å². The highest BCUT2D eigenvalue weighted by molar-refractivity contribution is 9.10. The molecular weight excluding hydrogens is 308 g/mol. The normalized spacial score (nSPS) is 13.5. The van der Waals surface area contributed by atoms with Crippen LogP contribution >= 0.6 is 15.9 Å². The second-order valence-electron chi connectivity index (χ2n) is 3.95. The molecule has 6 heteroatoms. The van der Waals surface area contributed by atoms with Crippen LogP contribution in [0.25, 0.3) is 0 Å². The summed E-state index contributed by atoms with van der Waals surface area (Å²) < 4.78 is 28.3. The van der Waals surface area contributed by atoms with Crippen molar-refractivity contribution in [3.63, 3.8) is 0 Å². The zero-order chi connectivity index (χ0) is 13.2. The highest BCUT2D eigenvalue weighted by atomic mass is 79.9. The summed E-state index contributed by atoms with van der Waals surface area (Å²) in [7, 11) is -1.75. The fourth-order valence-corrected chi connectivity index (χ4v) is 2.60. The SMILES string of the molecule is COc1cc(C)c(Br)cc1C(O)CS(C)(=O)=O. The number of aliphatic hydroxyl groups is 1. The first-order valence-corrected chi connectivity index (χ1v) is 7.79. The van der Waals surface area contributed by atoms with Gasteiger partial charge in [0.2, 0.25) is 0 Å². The minimum absolute atomic E-state index is 0.321. The summed E-state index contributed by atoms with van der Waals surface area (Å²) in [4.78, 5) is 0. The summed E-state index contributed by atoms with van der Waals surface area (Å²) in [6.45, 7) is 1.89. The van der Waals surface area contributed by atoms with Crippen LogP contribution in [0.1, 0.15) is 17.2 Å². The molecule has 0 radical (unpaired) electrons. The van der Waals surface area contributed by atoms with Gasteiger partial charge in [0.1, 0.15) is 15.6 Å². The van der Waals surface area contributed by atoms with Crippen LogP contribution in [-0.2, 0) is 9.84 Å². The largest absolute Gasteiger partial charge is 0.496 e. The lowest BCUT2D eigenvalue weighted by Gasteiger charge is -2.15. The third kappa shape index (κ3) is 3.97. The van der Waals surface area contributed by atoms with Gasteiger partial charge < -0.3 is 9.84 Å². The van der Waals surface area contributed by atoms with E-state index in [4.69, 9.17) is 4.74 Å². The maximum Gasteiger partial charge on any atom is 0.150 e. The molecule has 0 heterocycles. The Hall–Kier alpha value is -0.590. The second kappa shape index (κ2) is 5.37. The Labute approximate surface area is 110 Å². The fourth-order valence-electron chi connectivity index (χ4n) is 1.48. The molecule has 1 unspecified atom stereocenters. The maximum atomic E-state index is 11.2. The van der Waals surface area contributed by atoms with Crippen molar-refractivity contribution in [1.29, 1.82) is 0 Å². The Morgan fingerprint density at radius 2 is 2.06 bits per heavy atom. The molecule has 0 saturated carbocycles. The quantitative estimate of drug-likeness (QED) is 0.918. The van der Waals surface area contributed by atoms with Gasteiger partial charge in [0.15, 0.2) is 0 Å². The number of benzene rings is 1. The molecule has 0 fully saturated rings. The molecule has 1 aromatic rings. The molecule has 96 valence electrons. The van der Waals surface area contributed by atoms with Crippen LogP contribution in [0, 0.1) is 6.92 Å². The Balaban J connectivity index is 3.16. The van der Waals surface area contributed by atoms with Gasteiger partial charge in [-0.2, -0.15) is 0 Å². The van der Waals surface area contributed by atoms with E-state index < -0.39 is 15.9 Å². The van der Waals surface area contributed by atoms with Gasteiger partial charge in [-0.15, -0.1) is 0 Å². The van der Waals surface area contributed by atoms with E-state index in [-0.39, 0.29) is 5.75 Å². The van der Waals surface area contributed by atoms with Crippen molar-refractivity contribution in [3.05, 3.63) is 27.7 Å². The van der Waals surface area contributed by atoms with Crippen LogP contribution in [0.2, 0.25) is 0 Å². The van der Waals surface area contributed by atoms with Gasteiger partial charge in [-0.1, -0.05) is 15.9 Å². The van der Waals surface area contributed by atoms with Crippen molar-refractivity contribution in [3.8, 4) is 5.75 Å². The molecule has 0 aliphatic heterocycles. The molecule has 17 heavy (non-hydrogen) atoms. The molecule has 0 bridgehead atoms. The number of sulfone groups is 1. The van der Waals surface area contributed by atoms with Crippen LogP contribution in [0.3, 0.4) is 0 Å².